The summed E-state index contributed by atoms with van der Waals surface area (Å²) >= 11 is 0. The molecular formula is C14H20N2O2. The summed E-state index contributed by atoms with van der Waals surface area (Å²) in [6.07, 6.45) is 1.74. The molecular weight excluding hydrogens is 228 g/mol. The first-order valence-electron chi connectivity index (χ1n) is 6.26. The zero-order valence-corrected chi connectivity index (χ0v) is 11.0. The first kappa shape index (κ1) is 12.9. The van der Waals surface area contributed by atoms with Crippen LogP contribution in [0.15, 0.2) is 24.3 Å². The molecule has 0 spiro atoms. The first-order chi connectivity index (χ1) is 8.53. The maximum Gasteiger partial charge on any atom is 0.254 e. The summed E-state index contributed by atoms with van der Waals surface area (Å²) in [5, 5.41) is 0. The van der Waals surface area contributed by atoms with Gasteiger partial charge in [-0.2, -0.15) is 0 Å². The molecule has 0 saturated carbocycles. The van der Waals surface area contributed by atoms with Crippen LogP contribution in [0.3, 0.4) is 0 Å². The lowest BCUT2D eigenvalue weighted by Crippen LogP contribution is -2.44. The molecule has 1 aliphatic heterocycles. The van der Waals surface area contributed by atoms with Crippen LogP contribution in [0, 0.1) is 0 Å². The van der Waals surface area contributed by atoms with Crippen molar-refractivity contribution in [2.24, 2.45) is 0 Å². The number of likely N-dealkylation sites (N-methyl/N-ethyl adjacent to an activating group) is 1. The quantitative estimate of drug-likeness (QED) is 0.830. The maximum absolute atomic E-state index is 12.3. The van der Waals surface area contributed by atoms with Gasteiger partial charge >= 0.3 is 0 Å². The van der Waals surface area contributed by atoms with Gasteiger partial charge in [0.2, 0.25) is 0 Å². The number of nitrogen functional groups attached to an aromatic ring is 1. The van der Waals surface area contributed by atoms with Crippen molar-refractivity contribution in [3.05, 3.63) is 29.8 Å². The fraction of sp³-hybridized carbons (Fsp3) is 0.500. The van der Waals surface area contributed by atoms with Crippen molar-refractivity contribution < 1.29 is 9.53 Å². The minimum Gasteiger partial charge on any atom is -0.398 e. The van der Waals surface area contributed by atoms with Crippen molar-refractivity contribution in [1.82, 2.24) is 4.90 Å². The first-order valence-corrected chi connectivity index (χ1v) is 6.26. The summed E-state index contributed by atoms with van der Waals surface area (Å²) < 4.78 is 5.57. The lowest BCUT2D eigenvalue weighted by Gasteiger charge is -2.28. The maximum atomic E-state index is 12.3. The van der Waals surface area contributed by atoms with E-state index in [1.165, 1.54) is 0 Å². The van der Waals surface area contributed by atoms with Gasteiger partial charge in [-0.3, -0.25) is 4.79 Å². The lowest BCUT2D eigenvalue weighted by atomic mass is 10.0. The molecule has 1 saturated heterocycles. The molecule has 1 heterocycles. The number of nitrogens with zero attached hydrogens (tertiary/aromatic N) is 1. The van der Waals surface area contributed by atoms with Gasteiger partial charge in [0.1, 0.15) is 5.60 Å². The third-order valence-electron chi connectivity index (χ3n) is 3.48. The predicted octanol–water partition coefficient (Wildman–Crippen LogP) is 1.80. The normalized spacial score (nSPS) is 23.0. The second kappa shape index (κ2) is 4.98. The van der Waals surface area contributed by atoms with Crippen LogP contribution in [-0.4, -0.2) is 30.1 Å². The van der Waals surface area contributed by atoms with Gasteiger partial charge in [0.25, 0.3) is 5.91 Å². The molecule has 1 amide bonds. The van der Waals surface area contributed by atoms with E-state index in [0.29, 0.717) is 13.2 Å². The Morgan fingerprint density at radius 1 is 1.50 bits per heavy atom. The number of rotatable bonds is 3. The van der Waals surface area contributed by atoms with Crippen LogP contribution < -0.4 is 5.73 Å². The highest BCUT2D eigenvalue weighted by Crippen LogP contribution is 2.27. The van der Waals surface area contributed by atoms with E-state index in [2.05, 4.69) is 0 Å². The van der Waals surface area contributed by atoms with Crippen LogP contribution in [0.5, 0.6) is 0 Å². The van der Waals surface area contributed by atoms with Gasteiger partial charge in [0.15, 0.2) is 0 Å². The van der Waals surface area contributed by atoms with Gasteiger partial charge in [-0.25, -0.2) is 0 Å². The zero-order valence-electron chi connectivity index (χ0n) is 11.0. The van der Waals surface area contributed by atoms with Crippen molar-refractivity contribution >= 4 is 11.6 Å². The van der Waals surface area contributed by atoms with Crippen molar-refractivity contribution in [3.63, 3.8) is 0 Å². The lowest BCUT2D eigenvalue weighted by molar-refractivity contribution is -0.150. The number of para-hydroxylation sites is 1. The number of benzene rings is 1. The SMILES string of the molecule is CN(Cc1ccccc1N)C(=O)C1(C)CCCO1. The second-order valence-corrected chi connectivity index (χ2v) is 5.04. The number of anilines is 1. The number of hydrogen-bond acceptors (Lipinski definition) is 3. The molecule has 1 aromatic rings. The summed E-state index contributed by atoms with van der Waals surface area (Å²) in [7, 11) is 1.79. The van der Waals surface area contributed by atoms with Gasteiger partial charge in [0.05, 0.1) is 0 Å². The Balaban J connectivity index is 2.06. The average Bonchev–Trinajstić information content (AvgIpc) is 2.79. The summed E-state index contributed by atoms with van der Waals surface area (Å²) in [5.74, 6) is 0.0308. The smallest absolute Gasteiger partial charge is 0.254 e. The fourth-order valence-corrected chi connectivity index (χ4v) is 2.36. The highest BCUT2D eigenvalue weighted by Gasteiger charge is 2.39. The topological polar surface area (TPSA) is 55.6 Å². The number of nitrogens with two attached hydrogens (primary N) is 1. The number of hydrogen-bond donors (Lipinski definition) is 1. The summed E-state index contributed by atoms with van der Waals surface area (Å²) in [6.45, 7) is 3.06. The molecule has 1 aliphatic rings. The minimum absolute atomic E-state index is 0.0308. The van der Waals surface area contributed by atoms with E-state index < -0.39 is 5.60 Å². The molecule has 0 aromatic heterocycles. The Kier molecular flexibility index (Phi) is 3.57. The van der Waals surface area contributed by atoms with E-state index in [1.54, 1.807) is 11.9 Å². The van der Waals surface area contributed by atoms with Crippen molar-refractivity contribution in [1.29, 1.82) is 0 Å². The third-order valence-corrected chi connectivity index (χ3v) is 3.48. The standard InChI is InChI=1S/C14H20N2O2/c1-14(8-5-9-18-14)13(17)16(2)10-11-6-3-4-7-12(11)15/h3-4,6-7H,5,8-10,15H2,1-2H3. The van der Waals surface area contributed by atoms with Crippen molar-refractivity contribution in [3.8, 4) is 0 Å². The average molecular weight is 248 g/mol. The summed E-state index contributed by atoms with van der Waals surface area (Å²) in [4.78, 5) is 14.0. The Morgan fingerprint density at radius 2 is 2.22 bits per heavy atom. The van der Waals surface area contributed by atoms with Gasteiger partial charge in [-0.15, -0.1) is 0 Å². The predicted molar refractivity (Wildman–Crippen MR) is 70.9 cm³/mol. The van der Waals surface area contributed by atoms with E-state index in [0.717, 1.165) is 24.1 Å². The third kappa shape index (κ3) is 2.48. The number of carbonyl (C=O) groups is 1. The highest BCUT2D eigenvalue weighted by atomic mass is 16.5. The molecule has 2 rings (SSSR count). The zero-order chi connectivity index (χ0) is 13.2. The molecule has 1 unspecified atom stereocenters. The Bertz CT molecular complexity index is 439. The van der Waals surface area contributed by atoms with Gasteiger partial charge in [0, 0.05) is 25.9 Å². The molecule has 98 valence electrons. The Labute approximate surface area is 108 Å². The minimum atomic E-state index is -0.654. The molecule has 4 heteroatoms. The monoisotopic (exact) mass is 248 g/mol. The molecule has 1 atom stereocenters. The molecule has 0 aliphatic carbocycles. The molecule has 0 radical (unpaired) electrons. The molecule has 1 aromatic carbocycles. The summed E-state index contributed by atoms with van der Waals surface area (Å²) in [5.41, 5.74) is 6.92. The Morgan fingerprint density at radius 3 is 2.83 bits per heavy atom. The highest BCUT2D eigenvalue weighted by molar-refractivity contribution is 5.85. The van der Waals surface area contributed by atoms with Crippen LogP contribution in [0.1, 0.15) is 25.3 Å². The molecule has 4 nitrogen and oxygen atoms in total. The van der Waals surface area contributed by atoms with Crippen LogP contribution >= 0.6 is 0 Å². The van der Waals surface area contributed by atoms with Crippen molar-refractivity contribution in [2.45, 2.75) is 31.9 Å². The molecule has 1 fully saturated rings. The molecule has 18 heavy (non-hydrogen) atoms. The molecule has 0 bridgehead atoms. The second-order valence-electron chi connectivity index (χ2n) is 5.04. The number of ether oxygens (including phenoxy) is 1. The van der Waals surface area contributed by atoms with Gasteiger partial charge in [-0.1, -0.05) is 18.2 Å². The van der Waals surface area contributed by atoms with E-state index in [1.807, 2.05) is 31.2 Å². The van der Waals surface area contributed by atoms with Gasteiger partial charge < -0.3 is 15.4 Å². The fourth-order valence-electron chi connectivity index (χ4n) is 2.36. The Hall–Kier alpha value is -1.55. The number of carbonyl (C=O) groups excluding carboxylic acids is 1. The van der Waals surface area contributed by atoms with Crippen LogP contribution in [0.25, 0.3) is 0 Å². The molecule has 2 N–H and O–H groups in total. The van der Waals surface area contributed by atoms with Crippen LogP contribution in [-0.2, 0) is 16.1 Å². The van der Waals surface area contributed by atoms with E-state index in [9.17, 15) is 4.79 Å². The van der Waals surface area contributed by atoms with Crippen molar-refractivity contribution in [2.75, 3.05) is 19.4 Å². The van der Waals surface area contributed by atoms with Gasteiger partial charge in [-0.05, 0) is 31.4 Å². The van der Waals surface area contributed by atoms with E-state index in [-0.39, 0.29) is 5.91 Å². The van der Waals surface area contributed by atoms with Crippen LogP contribution in [0.4, 0.5) is 5.69 Å². The number of amides is 1. The largest absolute Gasteiger partial charge is 0.398 e. The van der Waals surface area contributed by atoms with E-state index in [4.69, 9.17) is 10.5 Å². The summed E-state index contributed by atoms with van der Waals surface area (Å²) in [6, 6.07) is 7.61. The van der Waals surface area contributed by atoms with Crippen LogP contribution in [0.2, 0.25) is 0 Å². The van der Waals surface area contributed by atoms with E-state index >= 15 is 0 Å².